The van der Waals surface area contributed by atoms with Gasteiger partial charge in [0.15, 0.2) is 10.6 Å². The zero-order valence-electron chi connectivity index (χ0n) is 9.18. The Morgan fingerprint density at radius 1 is 1.28 bits per heavy atom. The summed E-state index contributed by atoms with van der Waals surface area (Å²) in [5, 5.41) is 0. The van der Waals surface area contributed by atoms with E-state index in [9.17, 15) is 22.8 Å². The molecule has 0 aliphatic carbocycles. The Balaban J connectivity index is 3.08. The van der Waals surface area contributed by atoms with Crippen LogP contribution in [0.25, 0.3) is 0 Å². The summed E-state index contributed by atoms with van der Waals surface area (Å²) >= 11 is 2.68. The minimum Gasteiger partial charge on any atom is -0.465 e. The molecule has 0 heterocycles. The van der Waals surface area contributed by atoms with Crippen LogP contribution in [0.15, 0.2) is 12.1 Å². The molecule has 0 amide bonds. The molecule has 98 valence electrons. The highest BCUT2D eigenvalue weighted by molar-refractivity contribution is 9.10. The third-order valence-electron chi connectivity index (χ3n) is 1.98. The van der Waals surface area contributed by atoms with Crippen LogP contribution < -0.4 is 0 Å². The number of ketones is 1. The first-order valence-electron chi connectivity index (χ1n) is 4.88. The van der Waals surface area contributed by atoms with Crippen molar-refractivity contribution in [2.24, 2.45) is 0 Å². The molecule has 3 nitrogen and oxygen atoms in total. The molecule has 1 unspecified atom stereocenters. The summed E-state index contributed by atoms with van der Waals surface area (Å²) in [5.74, 6) is -6.02. The van der Waals surface area contributed by atoms with Crippen LogP contribution in [0.2, 0.25) is 0 Å². The van der Waals surface area contributed by atoms with Crippen LogP contribution in [-0.4, -0.2) is 23.2 Å². The van der Waals surface area contributed by atoms with Gasteiger partial charge >= 0.3 is 5.97 Å². The van der Waals surface area contributed by atoms with E-state index in [0.29, 0.717) is 12.1 Å². The van der Waals surface area contributed by atoms with E-state index in [1.54, 1.807) is 0 Å². The number of hydrogen-bond acceptors (Lipinski definition) is 3. The Hall–Kier alpha value is -1.37. The van der Waals surface area contributed by atoms with Gasteiger partial charge in [0.05, 0.1) is 12.2 Å². The molecular weight excluding hydrogens is 317 g/mol. The fraction of sp³-hybridized carbons (Fsp3) is 0.273. The van der Waals surface area contributed by atoms with Crippen LogP contribution >= 0.6 is 15.9 Å². The number of hydrogen-bond donors (Lipinski definition) is 0. The third kappa shape index (κ3) is 3.10. The molecule has 0 radical (unpaired) electrons. The van der Waals surface area contributed by atoms with Gasteiger partial charge < -0.3 is 4.74 Å². The van der Waals surface area contributed by atoms with Crippen LogP contribution in [0.5, 0.6) is 0 Å². The Kier molecular flexibility index (Phi) is 4.89. The van der Waals surface area contributed by atoms with Gasteiger partial charge in [-0.2, -0.15) is 0 Å². The van der Waals surface area contributed by atoms with Gasteiger partial charge in [0.25, 0.3) is 0 Å². The molecule has 0 spiro atoms. The summed E-state index contributed by atoms with van der Waals surface area (Å²) in [5.41, 5.74) is -0.980. The molecule has 18 heavy (non-hydrogen) atoms. The smallest absolute Gasteiger partial charge is 0.327 e. The third-order valence-corrected chi connectivity index (χ3v) is 2.77. The van der Waals surface area contributed by atoms with E-state index in [2.05, 4.69) is 20.7 Å². The van der Waals surface area contributed by atoms with E-state index in [4.69, 9.17) is 0 Å². The topological polar surface area (TPSA) is 43.4 Å². The van der Waals surface area contributed by atoms with Crippen LogP contribution in [0.1, 0.15) is 17.3 Å². The number of carbonyl (C=O) groups excluding carboxylic acids is 2. The molecule has 1 rings (SSSR count). The van der Waals surface area contributed by atoms with E-state index in [1.165, 1.54) is 6.92 Å². The highest BCUT2D eigenvalue weighted by Crippen LogP contribution is 2.19. The number of alkyl halides is 1. The molecule has 0 saturated carbocycles. The second-order valence-electron chi connectivity index (χ2n) is 3.22. The average molecular weight is 325 g/mol. The molecule has 1 atom stereocenters. The standard InChI is InChI=1S/C11H8BrF3O3/c1-2-18-11(17)9(12)10(16)8-6(14)3-5(13)4-7(8)15/h3-4,9H,2H2,1H3. The number of Topliss-reactive ketones (excluding diaryl/α,β-unsaturated/α-hetero) is 1. The molecule has 0 saturated heterocycles. The molecular formula is C11H8BrF3O3. The minimum absolute atomic E-state index is 0.0165. The molecule has 0 aromatic heterocycles. The monoisotopic (exact) mass is 324 g/mol. The second-order valence-corrected chi connectivity index (χ2v) is 4.14. The zero-order valence-corrected chi connectivity index (χ0v) is 10.8. The Bertz CT molecular complexity index is 467. The molecule has 7 heteroatoms. The molecule has 0 fully saturated rings. The normalized spacial score (nSPS) is 12.1. The Morgan fingerprint density at radius 3 is 2.22 bits per heavy atom. The van der Waals surface area contributed by atoms with Crippen molar-refractivity contribution in [2.45, 2.75) is 11.8 Å². The largest absolute Gasteiger partial charge is 0.465 e. The SMILES string of the molecule is CCOC(=O)C(Br)C(=O)c1c(F)cc(F)cc1F. The lowest BCUT2D eigenvalue weighted by atomic mass is 10.1. The van der Waals surface area contributed by atoms with Crippen molar-refractivity contribution in [1.82, 2.24) is 0 Å². The molecule has 1 aromatic carbocycles. The Morgan fingerprint density at radius 2 is 1.78 bits per heavy atom. The number of carbonyl (C=O) groups is 2. The fourth-order valence-corrected chi connectivity index (χ4v) is 1.59. The van der Waals surface area contributed by atoms with Crippen LogP contribution in [0.3, 0.4) is 0 Å². The predicted octanol–water partition coefficient (Wildman–Crippen LogP) is 2.61. The van der Waals surface area contributed by atoms with E-state index >= 15 is 0 Å². The van der Waals surface area contributed by atoms with Crippen molar-refractivity contribution < 1.29 is 27.5 Å². The number of benzene rings is 1. The average Bonchev–Trinajstić information content (AvgIpc) is 2.26. The van der Waals surface area contributed by atoms with Gasteiger partial charge in [0.2, 0.25) is 0 Å². The molecule has 0 aliphatic heterocycles. The number of esters is 1. The zero-order chi connectivity index (χ0) is 13.9. The van der Waals surface area contributed by atoms with Gasteiger partial charge in [-0.3, -0.25) is 9.59 Å². The molecule has 1 aromatic rings. The van der Waals surface area contributed by atoms with Gasteiger partial charge in [-0.1, -0.05) is 15.9 Å². The van der Waals surface area contributed by atoms with Crippen LogP contribution in [0, 0.1) is 17.5 Å². The summed E-state index contributed by atoms with van der Waals surface area (Å²) in [6.45, 7) is 1.53. The second kappa shape index (κ2) is 5.99. The maximum Gasteiger partial charge on any atom is 0.327 e. The number of halogens is 4. The lowest BCUT2D eigenvalue weighted by molar-refractivity contribution is -0.141. The molecule has 0 N–H and O–H groups in total. The van der Waals surface area contributed by atoms with E-state index in [1.807, 2.05) is 0 Å². The van der Waals surface area contributed by atoms with E-state index in [0.717, 1.165) is 0 Å². The van der Waals surface area contributed by atoms with Gasteiger partial charge in [-0.25, -0.2) is 13.2 Å². The van der Waals surface area contributed by atoms with Crippen LogP contribution in [0.4, 0.5) is 13.2 Å². The quantitative estimate of drug-likeness (QED) is 0.370. The summed E-state index contributed by atoms with van der Waals surface area (Å²) in [7, 11) is 0. The summed E-state index contributed by atoms with van der Waals surface area (Å²) in [6, 6.07) is 0.725. The maximum absolute atomic E-state index is 13.3. The van der Waals surface area contributed by atoms with Crippen molar-refractivity contribution in [3.05, 3.63) is 35.1 Å². The Labute approximate surface area is 109 Å². The lowest BCUT2D eigenvalue weighted by Gasteiger charge is -2.09. The highest BCUT2D eigenvalue weighted by Gasteiger charge is 2.30. The summed E-state index contributed by atoms with van der Waals surface area (Å²) in [6.07, 6.45) is 0. The van der Waals surface area contributed by atoms with Gasteiger partial charge in [-0.05, 0) is 6.92 Å². The van der Waals surface area contributed by atoms with Crippen molar-refractivity contribution in [1.29, 1.82) is 0 Å². The summed E-state index contributed by atoms with van der Waals surface area (Å²) < 4.78 is 43.8. The minimum atomic E-state index is -1.54. The van der Waals surface area contributed by atoms with Crippen molar-refractivity contribution in [3.8, 4) is 0 Å². The lowest BCUT2D eigenvalue weighted by Crippen LogP contribution is -2.28. The first kappa shape index (κ1) is 14.7. The summed E-state index contributed by atoms with van der Waals surface area (Å²) in [4.78, 5) is 21.4. The van der Waals surface area contributed by atoms with E-state index < -0.39 is 39.6 Å². The molecule has 0 aliphatic rings. The van der Waals surface area contributed by atoms with Crippen molar-refractivity contribution in [3.63, 3.8) is 0 Å². The van der Waals surface area contributed by atoms with Gasteiger partial charge in [-0.15, -0.1) is 0 Å². The highest BCUT2D eigenvalue weighted by atomic mass is 79.9. The van der Waals surface area contributed by atoms with Gasteiger partial charge in [0.1, 0.15) is 17.5 Å². The van der Waals surface area contributed by atoms with Gasteiger partial charge in [0, 0.05) is 12.1 Å². The first-order chi connectivity index (χ1) is 8.38. The maximum atomic E-state index is 13.3. The predicted molar refractivity (Wildman–Crippen MR) is 60.0 cm³/mol. The number of rotatable bonds is 4. The molecule has 0 bridgehead atoms. The van der Waals surface area contributed by atoms with Crippen molar-refractivity contribution >= 4 is 27.7 Å². The first-order valence-corrected chi connectivity index (χ1v) is 5.79. The number of ether oxygens (including phenoxy) is 1. The fourth-order valence-electron chi connectivity index (χ4n) is 1.23. The van der Waals surface area contributed by atoms with E-state index in [-0.39, 0.29) is 6.61 Å². The van der Waals surface area contributed by atoms with Crippen LogP contribution in [-0.2, 0) is 9.53 Å². The van der Waals surface area contributed by atoms with Crippen molar-refractivity contribution in [2.75, 3.05) is 6.61 Å².